The first-order valence-corrected chi connectivity index (χ1v) is 6.12. The molecular weight excluding hydrogens is 200 g/mol. The van der Waals surface area contributed by atoms with Crippen molar-refractivity contribution in [2.45, 2.75) is 32.4 Å². The summed E-state index contributed by atoms with van der Waals surface area (Å²) in [5.41, 5.74) is 7.17. The van der Waals surface area contributed by atoms with Gasteiger partial charge in [0.05, 0.1) is 6.20 Å². The Morgan fingerprint density at radius 1 is 1.56 bits per heavy atom. The normalized spacial score (nSPS) is 27.2. The van der Waals surface area contributed by atoms with Crippen molar-refractivity contribution >= 4 is 0 Å². The molecule has 1 saturated heterocycles. The average molecular weight is 222 g/mol. The predicted molar refractivity (Wildman–Crippen MR) is 64.9 cm³/mol. The van der Waals surface area contributed by atoms with Crippen LogP contribution in [-0.4, -0.2) is 33.8 Å². The van der Waals surface area contributed by atoms with Gasteiger partial charge in [-0.3, -0.25) is 9.58 Å². The topological polar surface area (TPSA) is 47.1 Å². The van der Waals surface area contributed by atoms with Gasteiger partial charge in [-0.15, -0.1) is 0 Å². The lowest BCUT2D eigenvalue weighted by molar-refractivity contribution is 0.0990. The zero-order valence-electron chi connectivity index (χ0n) is 10.3. The Bertz CT molecular complexity index is 334. The summed E-state index contributed by atoms with van der Waals surface area (Å²) in [7, 11) is 1.96. The molecule has 2 N–H and O–H groups in total. The van der Waals surface area contributed by atoms with Crippen LogP contribution >= 0.6 is 0 Å². The van der Waals surface area contributed by atoms with Crippen molar-refractivity contribution in [3.05, 3.63) is 18.0 Å². The standard InChI is InChI=1S/C12H22N4/c1-10-4-3-5-16(12(10)6-13)9-11-7-14-15(2)8-11/h7-8,10,12H,3-6,9,13H2,1-2H3. The highest BCUT2D eigenvalue weighted by molar-refractivity contribution is 5.04. The van der Waals surface area contributed by atoms with Gasteiger partial charge < -0.3 is 5.73 Å². The lowest BCUT2D eigenvalue weighted by Crippen LogP contribution is -2.47. The Balaban J connectivity index is 2.02. The third kappa shape index (κ3) is 2.44. The van der Waals surface area contributed by atoms with Crippen LogP contribution in [0.5, 0.6) is 0 Å². The van der Waals surface area contributed by atoms with Crippen molar-refractivity contribution in [2.24, 2.45) is 18.7 Å². The van der Waals surface area contributed by atoms with Crippen molar-refractivity contribution < 1.29 is 0 Å². The van der Waals surface area contributed by atoms with E-state index in [1.54, 1.807) is 0 Å². The molecule has 1 aromatic rings. The lowest BCUT2D eigenvalue weighted by atomic mass is 9.90. The predicted octanol–water partition coefficient (Wildman–Crippen LogP) is 0.979. The van der Waals surface area contributed by atoms with Crippen LogP contribution in [0.25, 0.3) is 0 Å². The second-order valence-corrected chi connectivity index (χ2v) is 4.92. The van der Waals surface area contributed by atoms with Crippen LogP contribution in [0.1, 0.15) is 25.3 Å². The highest BCUT2D eigenvalue weighted by Gasteiger charge is 2.27. The van der Waals surface area contributed by atoms with Crippen LogP contribution in [-0.2, 0) is 13.6 Å². The Hall–Kier alpha value is -0.870. The maximum absolute atomic E-state index is 5.88. The molecule has 4 nitrogen and oxygen atoms in total. The van der Waals surface area contributed by atoms with Gasteiger partial charge in [0.2, 0.25) is 0 Å². The van der Waals surface area contributed by atoms with E-state index in [9.17, 15) is 0 Å². The van der Waals surface area contributed by atoms with Crippen LogP contribution in [0.15, 0.2) is 12.4 Å². The molecule has 90 valence electrons. The van der Waals surface area contributed by atoms with Crippen molar-refractivity contribution in [3.8, 4) is 0 Å². The molecule has 0 aromatic carbocycles. The molecule has 1 fully saturated rings. The molecule has 0 radical (unpaired) electrons. The van der Waals surface area contributed by atoms with Gasteiger partial charge in [0.15, 0.2) is 0 Å². The van der Waals surface area contributed by atoms with E-state index in [4.69, 9.17) is 5.73 Å². The number of nitrogens with two attached hydrogens (primary N) is 1. The minimum atomic E-state index is 0.536. The van der Waals surface area contributed by atoms with E-state index in [0.29, 0.717) is 6.04 Å². The molecule has 2 rings (SSSR count). The highest BCUT2D eigenvalue weighted by Crippen LogP contribution is 2.24. The second-order valence-electron chi connectivity index (χ2n) is 4.92. The summed E-state index contributed by atoms with van der Waals surface area (Å²) in [6.45, 7) is 5.23. The summed E-state index contributed by atoms with van der Waals surface area (Å²) in [6, 6.07) is 0.536. The Labute approximate surface area is 97.4 Å². The molecule has 0 aliphatic carbocycles. The first-order chi connectivity index (χ1) is 7.70. The third-order valence-electron chi connectivity index (χ3n) is 3.62. The van der Waals surface area contributed by atoms with Gasteiger partial charge in [-0.25, -0.2) is 0 Å². The minimum absolute atomic E-state index is 0.536. The van der Waals surface area contributed by atoms with Crippen molar-refractivity contribution in [1.29, 1.82) is 0 Å². The molecule has 1 aliphatic rings. The number of hydrogen-bond donors (Lipinski definition) is 1. The fourth-order valence-electron chi connectivity index (χ4n) is 2.70. The van der Waals surface area contributed by atoms with Crippen LogP contribution in [0.2, 0.25) is 0 Å². The van der Waals surface area contributed by atoms with E-state index in [-0.39, 0.29) is 0 Å². The number of piperidine rings is 1. The number of likely N-dealkylation sites (tertiary alicyclic amines) is 1. The number of aryl methyl sites for hydroxylation is 1. The van der Waals surface area contributed by atoms with Crippen molar-refractivity contribution in [3.63, 3.8) is 0 Å². The van der Waals surface area contributed by atoms with Crippen LogP contribution in [0, 0.1) is 5.92 Å². The first kappa shape index (κ1) is 11.6. The van der Waals surface area contributed by atoms with E-state index in [1.165, 1.54) is 24.9 Å². The van der Waals surface area contributed by atoms with Gasteiger partial charge in [0.25, 0.3) is 0 Å². The maximum Gasteiger partial charge on any atom is 0.0534 e. The van der Waals surface area contributed by atoms with Crippen LogP contribution < -0.4 is 5.73 Å². The number of aromatic nitrogens is 2. The summed E-state index contributed by atoms with van der Waals surface area (Å²) in [5.74, 6) is 0.718. The summed E-state index contributed by atoms with van der Waals surface area (Å²) in [6.07, 6.45) is 6.64. The molecule has 1 aromatic heterocycles. The Morgan fingerprint density at radius 2 is 2.38 bits per heavy atom. The quantitative estimate of drug-likeness (QED) is 0.829. The SMILES string of the molecule is CC1CCCN(Cc2cnn(C)c2)C1CN. The molecular formula is C12H22N4. The van der Waals surface area contributed by atoms with Gasteiger partial charge in [0.1, 0.15) is 0 Å². The molecule has 0 saturated carbocycles. The third-order valence-corrected chi connectivity index (χ3v) is 3.62. The highest BCUT2D eigenvalue weighted by atomic mass is 15.2. The molecule has 2 unspecified atom stereocenters. The maximum atomic E-state index is 5.88. The number of nitrogens with zero attached hydrogens (tertiary/aromatic N) is 3. The second kappa shape index (κ2) is 4.97. The average Bonchev–Trinajstić information content (AvgIpc) is 2.64. The zero-order chi connectivity index (χ0) is 11.5. The number of rotatable bonds is 3. The van der Waals surface area contributed by atoms with Crippen LogP contribution in [0.3, 0.4) is 0 Å². The van der Waals surface area contributed by atoms with Crippen LogP contribution in [0.4, 0.5) is 0 Å². The summed E-state index contributed by atoms with van der Waals surface area (Å²) >= 11 is 0. The van der Waals surface area contributed by atoms with Gasteiger partial charge in [-0.2, -0.15) is 5.10 Å². The van der Waals surface area contributed by atoms with E-state index >= 15 is 0 Å². The molecule has 2 atom stereocenters. The van der Waals surface area contributed by atoms with E-state index < -0.39 is 0 Å². The Kier molecular flexibility index (Phi) is 3.61. The largest absolute Gasteiger partial charge is 0.329 e. The first-order valence-electron chi connectivity index (χ1n) is 6.12. The lowest BCUT2D eigenvalue weighted by Gasteiger charge is -2.39. The molecule has 0 amide bonds. The fourth-order valence-corrected chi connectivity index (χ4v) is 2.70. The molecule has 0 spiro atoms. The van der Waals surface area contributed by atoms with Gasteiger partial charge in [0, 0.05) is 37.9 Å². The zero-order valence-corrected chi connectivity index (χ0v) is 10.3. The van der Waals surface area contributed by atoms with E-state index in [0.717, 1.165) is 19.0 Å². The molecule has 16 heavy (non-hydrogen) atoms. The van der Waals surface area contributed by atoms with Crippen molar-refractivity contribution in [1.82, 2.24) is 14.7 Å². The fraction of sp³-hybridized carbons (Fsp3) is 0.750. The smallest absolute Gasteiger partial charge is 0.0534 e. The van der Waals surface area contributed by atoms with Gasteiger partial charge in [-0.1, -0.05) is 6.92 Å². The summed E-state index contributed by atoms with van der Waals surface area (Å²) in [4.78, 5) is 2.51. The molecule has 4 heteroatoms. The monoisotopic (exact) mass is 222 g/mol. The number of hydrogen-bond acceptors (Lipinski definition) is 3. The van der Waals surface area contributed by atoms with Crippen molar-refractivity contribution in [2.75, 3.05) is 13.1 Å². The molecule has 1 aliphatic heterocycles. The van der Waals surface area contributed by atoms with Gasteiger partial charge >= 0.3 is 0 Å². The van der Waals surface area contributed by atoms with E-state index in [2.05, 4.69) is 23.1 Å². The molecule has 2 heterocycles. The summed E-state index contributed by atoms with van der Waals surface area (Å²) in [5, 5.41) is 4.21. The van der Waals surface area contributed by atoms with E-state index in [1.807, 2.05) is 17.9 Å². The summed E-state index contributed by atoms with van der Waals surface area (Å²) < 4.78 is 1.86. The van der Waals surface area contributed by atoms with Gasteiger partial charge in [-0.05, 0) is 25.3 Å². The Morgan fingerprint density at radius 3 is 3.00 bits per heavy atom. The molecule has 0 bridgehead atoms. The minimum Gasteiger partial charge on any atom is -0.329 e.